The van der Waals surface area contributed by atoms with Gasteiger partial charge in [0.2, 0.25) is 0 Å². The summed E-state index contributed by atoms with van der Waals surface area (Å²) in [7, 11) is 1.18. The van der Waals surface area contributed by atoms with Crippen molar-refractivity contribution < 1.29 is 38.2 Å². The van der Waals surface area contributed by atoms with E-state index < -0.39 is 39.3 Å². The summed E-state index contributed by atoms with van der Waals surface area (Å²) in [5.41, 5.74) is -2.00. The Labute approximate surface area is 227 Å². The van der Waals surface area contributed by atoms with Crippen molar-refractivity contribution in [3.63, 3.8) is 0 Å². The predicted molar refractivity (Wildman–Crippen MR) is 140 cm³/mol. The Bertz CT molecular complexity index is 1510. The number of fused-ring (bicyclic) bond motifs is 1. The number of aliphatic carboxylic acids is 1. The number of carbonyl (C=O) groups is 2. The molecule has 0 atom stereocenters. The van der Waals surface area contributed by atoms with Gasteiger partial charge in [-0.2, -0.15) is 0 Å². The molecule has 206 valence electrons. The first-order valence-corrected chi connectivity index (χ1v) is 12.4. The Morgan fingerprint density at radius 3 is 2.56 bits per heavy atom. The lowest BCUT2D eigenvalue weighted by atomic mass is 9.82. The highest BCUT2D eigenvalue weighted by Crippen LogP contribution is 2.42. The second kappa shape index (κ2) is 11.0. The van der Waals surface area contributed by atoms with Gasteiger partial charge in [-0.05, 0) is 44.9 Å². The monoisotopic (exact) mass is 559 g/mol. The van der Waals surface area contributed by atoms with Crippen LogP contribution in [0.25, 0.3) is 22.3 Å². The summed E-state index contributed by atoms with van der Waals surface area (Å²) in [5.74, 6) is -1.91. The largest absolute Gasteiger partial charge is 0.490 e. The van der Waals surface area contributed by atoms with Crippen LogP contribution in [0.5, 0.6) is 5.75 Å². The highest BCUT2D eigenvalue weighted by molar-refractivity contribution is 6.34. The lowest BCUT2D eigenvalue weighted by Gasteiger charge is -2.32. The first kappa shape index (κ1) is 28.1. The summed E-state index contributed by atoms with van der Waals surface area (Å²) in [5, 5.41) is 21.5. The summed E-state index contributed by atoms with van der Waals surface area (Å²) >= 11 is 6.25. The van der Waals surface area contributed by atoms with Gasteiger partial charge < -0.3 is 23.7 Å². The number of benzene rings is 2. The van der Waals surface area contributed by atoms with Crippen LogP contribution in [0, 0.1) is 16.0 Å². The van der Waals surface area contributed by atoms with Crippen LogP contribution in [0.3, 0.4) is 0 Å². The van der Waals surface area contributed by atoms with Gasteiger partial charge in [-0.25, -0.2) is 0 Å². The Balaban J connectivity index is 1.75. The maximum atomic E-state index is 12.8. The molecule has 1 aromatic heterocycles. The molecule has 1 heterocycles. The van der Waals surface area contributed by atoms with E-state index >= 15 is 0 Å². The van der Waals surface area contributed by atoms with E-state index in [0.29, 0.717) is 12.8 Å². The number of carboxylic acid groups (broad SMARTS) is 1. The van der Waals surface area contributed by atoms with Gasteiger partial charge in [0.25, 0.3) is 5.69 Å². The average molecular weight is 560 g/mol. The van der Waals surface area contributed by atoms with Crippen LogP contribution in [0.15, 0.2) is 45.6 Å². The van der Waals surface area contributed by atoms with E-state index in [0.717, 1.165) is 0 Å². The maximum Gasteiger partial charge on any atom is 0.315 e. The molecular weight excluding hydrogens is 534 g/mol. The molecule has 0 amide bonds. The van der Waals surface area contributed by atoms with E-state index in [4.69, 9.17) is 35.3 Å². The van der Waals surface area contributed by atoms with Gasteiger partial charge in [0.15, 0.2) is 11.0 Å². The van der Waals surface area contributed by atoms with Crippen molar-refractivity contribution in [3.05, 3.63) is 67.3 Å². The molecule has 0 bridgehead atoms. The number of nitro benzene ring substituents is 1. The fourth-order valence-electron chi connectivity index (χ4n) is 4.44. The Morgan fingerprint density at radius 1 is 1.21 bits per heavy atom. The van der Waals surface area contributed by atoms with Crippen molar-refractivity contribution in [1.82, 2.24) is 0 Å². The Kier molecular flexibility index (Phi) is 7.94. The van der Waals surface area contributed by atoms with Crippen LogP contribution in [0.2, 0.25) is 5.02 Å². The van der Waals surface area contributed by atoms with E-state index in [2.05, 4.69) is 0 Å². The number of methoxy groups -OCH3 is 1. The van der Waals surface area contributed by atoms with Crippen LogP contribution in [0.1, 0.15) is 32.3 Å². The minimum Gasteiger partial charge on any atom is -0.490 e. The Morgan fingerprint density at radius 2 is 1.92 bits per heavy atom. The van der Waals surface area contributed by atoms with Crippen LogP contribution >= 0.6 is 11.6 Å². The molecule has 1 aliphatic carbocycles. The maximum absolute atomic E-state index is 12.8. The standard InChI is InChI=1S/C27H26ClNO10/c1-27(2,26(33)36-3)18-12-22(38-8-7-37-15-9-14(10-15)25(31)32)17(11-20(18)29(34)35)23-13-21(30)16-5-4-6-19(28)24(16)39-23/h4-6,11-15H,7-10H2,1-3H3,(H,31,32). The van der Waals surface area contributed by atoms with Gasteiger partial charge in [-0.1, -0.05) is 17.7 Å². The topological polar surface area (TPSA) is 155 Å². The molecule has 0 aliphatic heterocycles. The summed E-state index contributed by atoms with van der Waals surface area (Å²) < 4.78 is 22.4. The molecule has 12 heteroatoms. The van der Waals surface area contributed by atoms with E-state index in [1.165, 1.54) is 39.2 Å². The zero-order chi connectivity index (χ0) is 28.5. The minimum atomic E-state index is -1.42. The molecule has 2 aromatic carbocycles. The van der Waals surface area contributed by atoms with Crippen molar-refractivity contribution in [1.29, 1.82) is 0 Å². The number of carbonyl (C=O) groups excluding carboxylic acids is 1. The van der Waals surface area contributed by atoms with Crippen molar-refractivity contribution in [2.45, 2.75) is 38.2 Å². The van der Waals surface area contributed by atoms with E-state index in [1.807, 2.05) is 0 Å². The highest BCUT2D eigenvalue weighted by atomic mass is 35.5. The van der Waals surface area contributed by atoms with E-state index in [1.54, 1.807) is 18.2 Å². The summed E-state index contributed by atoms with van der Waals surface area (Å²) in [6.07, 6.45) is 0.595. The number of hydrogen-bond acceptors (Lipinski definition) is 9. The number of halogens is 1. The molecule has 0 saturated heterocycles. The van der Waals surface area contributed by atoms with Crippen LogP contribution in [-0.4, -0.2) is 48.4 Å². The molecule has 0 spiro atoms. The van der Waals surface area contributed by atoms with Gasteiger partial charge in [0.05, 0.1) is 57.6 Å². The van der Waals surface area contributed by atoms with Gasteiger partial charge in [-0.3, -0.25) is 24.5 Å². The molecular formula is C27H26ClNO10. The number of nitrogens with zero attached hydrogens (tertiary/aromatic N) is 1. The first-order chi connectivity index (χ1) is 18.4. The third-order valence-corrected chi connectivity index (χ3v) is 7.07. The molecule has 1 N–H and O–H groups in total. The molecule has 1 saturated carbocycles. The first-order valence-electron chi connectivity index (χ1n) is 12.0. The number of hydrogen-bond donors (Lipinski definition) is 1. The SMILES string of the molecule is COC(=O)C(C)(C)c1cc(OCCOC2CC(C(=O)O)C2)c(-c2cc(=O)c3cccc(Cl)c3o2)cc1[N+](=O)[O-]. The zero-order valence-electron chi connectivity index (χ0n) is 21.4. The van der Waals surface area contributed by atoms with Crippen molar-refractivity contribution in [2.24, 2.45) is 5.92 Å². The molecule has 3 aromatic rings. The number of esters is 1. The predicted octanol–water partition coefficient (Wildman–Crippen LogP) is 4.73. The van der Waals surface area contributed by atoms with Gasteiger partial charge in [0, 0.05) is 12.1 Å². The smallest absolute Gasteiger partial charge is 0.315 e. The van der Waals surface area contributed by atoms with Crippen LogP contribution in [-0.2, 0) is 24.5 Å². The van der Waals surface area contributed by atoms with Crippen molar-refractivity contribution in [2.75, 3.05) is 20.3 Å². The molecule has 4 rings (SSSR count). The second-order valence-electron chi connectivity index (χ2n) is 9.68. The molecule has 11 nitrogen and oxygen atoms in total. The summed E-state index contributed by atoms with van der Waals surface area (Å²) in [6.45, 7) is 3.07. The van der Waals surface area contributed by atoms with Crippen molar-refractivity contribution >= 4 is 40.2 Å². The molecule has 0 unspecified atom stereocenters. The lowest BCUT2D eigenvalue weighted by molar-refractivity contribution is -0.385. The number of rotatable bonds is 10. The summed E-state index contributed by atoms with van der Waals surface area (Å²) in [4.78, 5) is 47.8. The zero-order valence-corrected chi connectivity index (χ0v) is 22.1. The molecule has 1 aliphatic rings. The average Bonchev–Trinajstić information content (AvgIpc) is 2.86. The third kappa shape index (κ3) is 5.59. The van der Waals surface area contributed by atoms with E-state index in [9.17, 15) is 24.5 Å². The Hall–Kier alpha value is -3.96. The highest BCUT2D eigenvalue weighted by Gasteiger charge is 2.39. The van der Waals surface area contributed by atoms with Crippen molar-refractivity contribution in [3.8, 4) is 17.1 Å². The number of carboxylic acids is 1. The van der Waals surface area contributed by atoms with Crippen LogP contribution < -0.4 is 10.2 Å². The van der Waals surface area contributed by atoms with Crippen LogP contribution in [0.4, 0.5) is 5.69 Å². The number of ether oxygens (including phenoxy) is 3. The minimum absolute atomic E-state index is 0.00425. The quantitative estimate of drug-likeness (QED) is 0.159. The number of nitro groups is 1. The number of para-hydroxylation sites is 1. The molecule has 39 heavy (non-hydrogen) atoms. The fourth-order valence-corrected chi connectivity index (χ4v) is 4.66. The summed E-state index contributed by atoms with van der Waals surface area (Å²) in [6, 6.07) is 8.42. The van der Waals surface area contributed by atoms with Gasteiger partial charge in [0.1, 0.15) is 18.1 Å². The fraction of sp³-hybridized carbons (Fsp3) is 0.370. The third-order valence-electron chi connectivity index (χ3n) is 6.77. The van der Waals surface area contributed by atoms with Gasteiger partial charge >= 0.3 is 11.9 Å². The lowest BCUT2D eigenvalue weighted by Crippen LogP contribution is -2.37. The van der Waals surface area contributed by atoms with Gasteiger partial charge in [-0.15, -0.1) is 0 Å². The van der Waals surface area contributed by atoms with E-state index in [-0.39, 0.29) is 57.9 Å². The normalized spacial score (nSPS) is 16.9. The molecule has 1 fully saturated rings. The molecule has 0 radical (unpaired) electrons. The second-order valence-corrected chi connectivity index (χ2v) is 10.1.